The average Bonchev–Trinajstić information content (AvgIpc) is 2.45. The highest BCUT2D eigenvalue weighted by molar-refractivity contribution is 6.61. The fourth-order valence-corrected chi connectivity index (χ4v) is 1.38. The molecule has 0 aromatic heterocycles. The van der Waals surface area contributed by atoms with Crippen molar-refractivity contribution in [3.05, 3.63) is 17.7 Å². The van der Waals surface area contributed by atoms with Crippen LogP contribution in [0.25, 0.3) is 5.53 Å². The van der Waals surface area contributed by atoms with Crippen LogP contribution in [-0.2, 0) is 14.3 Å². The third kappa shape index (κ3) is 4.45. The van der Waals surface area contributed by atoms with Gasteiger partial charge in [-0.15, -0.1) is 0 Å². The summed E-state index contributed by atoms with van der Waals surface area (Å²) in [5.74, 6) is 9.35. The molecule has 6 heteroatoms. The van der Waals surface area contributed by atoms with Crippen LogP contribution >= 0.6 is 0 Å². The van der Waals surface area contributed by atoms with Gasteiger partial charge in [0.05, 0.1) is 13.2 Å². The highest BCUT2D eigenvalue weighted by atomic mass is 16.5. The van der Waals surface area contributed by atoms with Crippen LogP contribution in [0.2, 0.25) is 0 Å². The maximum Gasteiger partial charge on any atom is 0.463 e. The number of amides is 1. The minimum absolute atomic E-state index is 0.0845. The van der Waals surface area contributed by atoms with E-state index >= 15 is 0 Å². The smallest absolute Gasteiger partial charge is 0.457 e. The SMILES string of the molecule is CCOC(=O)C(=[N+]=[N-])C(=O)N1CC#C/C=C\C#CCC1. The molecule has 0 saturated carbocycles. The first kappa shape index (κ1) is 15.2. The zero-order valence-electron chi connectivity index (χ0n) is 11.0. The van der Waals surface area contributed by atoms with Crippen LogP contribution in [0, 0.1) is 23.7 Å². The number of hydrogen-bond acceptors (Lipinski definition) is 3. The second kappa shape index (κ2) is 8.31. The van der Waals surface area contributed by atoms with Gasteiger partial charge in [-0.2, -0.15) is 4.79 Å². The molecule has 1 aliphatic rings. The molecule has 6 nitrogen and oxygen atoms in total. The van der Waals surface area contributed by atoms with Gasteiger partial charge in [-0.1, -0.05) is 23.7 Å². The molecule has 20 heavy (non-hydrogen) atoms. The molecule has 1 heterocycles. The van der Waals surface area contributed by atoms with Crippen LogP contribution in [0.1, 0.15) is 13.3 Å². The first-order valence-corrected chi connectivity index (χ1v) is 6.01. The normalized spacial score (nSPS) is 14.6. The molecule has 102 valence electrons. The highest BCUT2D eigenvalue weighted by Gasteiger charge is 2.34. The predicted octanol–water partition coefficient (Wildman–Crippen LogP) is 0.0156. The molecule has 0 aromatic carbocycles. The summed E-state index contributed by atoms with van der Waals surface area (Å²) in [6, 6.07) is 0. The summed E-state index contributed by atoms with van der Waals surface area (Å²) in [5, 5.41) is 0. The maximum absolute atomic E-state index is 12.1. The first-order chi connectivity index (χ1) is 9.70. The van der Waals surface area contributed by atoms with Crippen LogP contribution in [-0.4, -0.2) is 47.0 Å². The highest BCUT2D eigenvalue weighted by Crippen LogP contribution is 1.96. The molecule has 1 aliphatic heterocycles. The molecule has 0 atom stereocenters. The number of carbonyl (C=O) groups excluding carboxylic acids is 2. The fraction of sp³-hybridized carbons (Fsp3) is 0.357. The Kier molecular flexibility index (Phi) is 6.33. The summed E-state index contributed by atoms with van der Waals surface area (Å²) < 4.78 is 4.66. The molecule has 0 fully saturated rings. The summed E-state index contributed by atoms with van der Waals surface area (Å²) in [6.45, 7) is 2.08. The molecule has 0 aromatic rings. The van der Waals surface area contributed by atoms with Crippen LogP contribution in [0.4, 0.5) is 0 Å². The van der Waals surface area contributed by atoms with Gasteiger partial charge in [0.1, 0.15) is 0 Å². The van der Waals surface area contributed by atoms with Crippen molar-refractivity contribution in [2.24, 2.45) is 0 Å². The van der Waals surface area contributed by atoms with E-state index in [1.807, 2.05) is 0 Å². The third-order valence-corrected chi connectivity index (χ3v) is 2.29. The second-order valence-electron chi connectivity index (χ2n) is 3.62. The summed E-state index contributed by atoms with van der Waals surface area (Å²) in [5.41, 5.74) is 8.16. The van der Waals surface area contributed by atoms with Crippen molar-refractivity contribution >= 4 is 17.6 Å². The minimum Gasteiger partial charge on any atom is -0.457 e. The molecule has 0 radical (unpaired) electrons. The van der Waals surface area contributed by atoms with Crippen molar-refractivity contribution in [2.45, 2.75) is 13.3 Å². The predicted molar refractivity (Wildman–Crippen MR) is 71.1 cm³/mol. The lowest BCUT2D eigenvalue weighted by molar-refractivity contribution is -0.143. The van der Waals surface area contributed by atoms with E-state index in [0.717, 1.165) is 0 Å². The standard InChI is InChI=1S/C14H13N3O3/c1-2-20-14(19)12(16-15)13(18)17-10-8-6-4-3-5-7-9-11-17/h3-4H,2,9-11H2,1H3/b4-3-. The van der Waals surface area contributed by atoms with Gasteiger partial charge >= 0.3 is 17.6 Å². The van der Waals surface area contributed by atoms with Gasteiger partial charge in [0.25, 0.3) is 0 Å². The topological polar surface area (TPSA) is 83.0 Å². The van der Waals surface area contributed by atoms with E-state index in [4.69, 9.17) is 5.53 Å². The van der Waals surface area contributed by atoms with E-state index in [1.165, 1.54) is 4.90 Å². The Morgan fingerprint density at radius 3 is 2.70 bits per heavy atom. The molecular formula is C14H13N3O3. The fourth-order valence-electron chi connectivity index (χ4n) is 1.38. The summed E-state index contributed by atoms with van der Waals surface area (Å²) in [4.78, 5) is 27.6. The number of allylic oxidation sites excluding steroid dienone is 2. The van der Waals surface area contributed by atoms with E-state index in [0.29, 0.717) is 6.42 Å². The van der Waals surface area contributed by atoms with Gasteiger partial charge in [-0.05, 0) is 19.1 Å². The molecule has 1 rings (SSSR count). The third-order valence-electron chi connectivity index (χ3n) is 2.29. The van der Waals surface area contributed by atoms with E-state index in [1.54, 1.807) is 19.1 Å². The molecule has 0 spiro atoms. The zero-order chi connectivity index (χ0) is 14.8. The second-order valence-corrected chi connectivity index (χ2v) is 3.62. The lowest BCUT2D eigenvalue weighted by Crippen LogP contribution is -2.42. The van der Waals surface area contributed by atoms with Crippen LogP contribution in [0.15, 0.2) is 12.2 Å². The Morgan fingerprint density at radius 1 is 1.35 bits per heavy atom. The van der Waals surface area contributed by atoms with Gasteiger partial charge < -0.3 is 15.2 Å². The lowest BCUT2D eigenvalue weighted by atomic mass is 10.2. The quantitative estimate of drug-likeness (QED) is 0.181. The van der Waals surface area contributed by atoms with Crippen LogP contribution in [0.5, 0.6) is 0 Å². The summed E-state index contributed by atoms with van der Waals surface area (Å²) >= 11 is 0. The number of esters is 1. The van der Waals surface area contributed by atoms with Gasteiger partial charge in [-0.25, -0.2) is 4.79 Å². The molecule has 1 amide bonds. The molecule has 0 N–H and O–H groups in total. The Morgan fingerprint density at radius 2 is 2.05 bits per heavy atom. The zero-order valence-corrected chi connectivity index (χ0v) is 11.0. The lowest BCUT2D eigenvalue weighted by Gasteiger charge is -2.16. The van der Waals surface area contributed by atoms with Gasteiger partial charge in [0.2, 0.25) is 0 Å². The van der Waals surface area contributed by atoms with Crippen molar-refractivity contribution in [1.29, 1.82) is 0 Å². The van der Waals surface area contributed by atoms with Gasteiger partial charge in [0.15, 0.2) is 0 Å². The van der Waals surface area contributed by atoms with E-state index in [2.05, 4.69) is 33.2 Å². The summed E-state index contributed by atoms with van der Waals surface area (Å²) in [7, 11) is 0. The van der Waals surface area contributed by atoms with Gasteiger partial charge in [0, 0.05) is 13.0 Å². The Hall–Kier alpha value is -2.82. The van der Waals surface area contributed by atoms with Crippen molar-refractivity contribution < 1.29 is 19.1 Å². The number of ether oxygens (including phenoxy) is 1. The van der Waals surface area contributed by atoms with E-state index < -0.39 is 17.6 Å². The molecule has 0 aliphatic carbocycles. The monoisotopic (exact) mass is 271 g/mol. The van der Waals surface area contributed by atoms with Crippen LogP contribution < -0.4 is 0 Å². The molecule has 0 unspecified atom stereocenters. The van der Waals surface area contributed by atoms with E-state index in [9.17, 15) is 9.59 Å². The van der Waals surface area contributed by atoms with E-state index in [-0.39, 0.29) is 19.7 Å². The van der Waals surface area contributed by atoms with Crippen molar-refractivity contribution in [3.8, 4) is 23.7 Å². The summed E-state index contributed by atoms with van der Waals surface area (Å²) in [6.07, 6.45) is 3.64. The maximum atomic E-state index is 12.1. The number of nitrogens with zero attached hydrogens (tertiary/aromatic N) is 3. The average molecular weight is 271 g/mol. The number of carbonyl (C=O) groups is 2. The molecule has 0 bridgehead atoms. The molecule has 0 saturated heterocycles. The van der Waals surface area contributed by atoms with Crippen molar-refractivity contribution in [3.63, 3.8) is 0 Å². The van der Waals surface area contributed by atoms with Crippen LogP contribution in [0.3, 0.4) is 0 Å². The Bertz CT molecular complexity index is 593. The molecular weight excluding hydrogens is 258 g/mol. The Balaban J connectivity index is 2.88. The largest absolute Gasteiger partial charge is 0.463 e. The van der Waals surface area contributed by atoms with Gasteiger partial charge in [-0.3, -0.25) is 4.79 Å². The number of hydrogen-bond donors (Lipinski definition) is 0. The first-order valence-electron chi connectivity index (χ1n) is 6.01. The minimum atomic E-state index is -0.962. The Labute approximate surface area is 117 Å². The van der Waals surface area contributed by atoms with Crippen molar-refractivity contribution in [2.75, 3.05) is 19.7 Å². The number of rotatable bonds is 3. The van der Waals surface area contributed by atoms with Crippen molar-refractivity contribution in [1.82, 2.24) is 4.90 Å².